The minimum Gasteiger partial charge on any atom is -0.393 e. The monoisotopic (exact) mass is 355 g/mol. The fraction of sp³-hybridized carbons (Fsp3) is 0.762. The molecule has 7 atom stereocenters. The fourth-order valence-electron chi connectivity index (χ4n) is 7.32. The Labute approximate surface area is 154 Å². The SMILES string of the molecule is C[C@]12CC[C@H]3[C@@H](CC=C4C[C@@H](O)CC(c5c[nH]nn5)[C@@]43C)[C@@H]1CCC2=O. The number of aliphatic hydroxyl groups is 1. The van der Waals surface area contributed by atoms with Gasteiger partial charge >= 0.3 is 0 Å². The first-order valence-electron chi connectivity index (χ1n) is 10.2. The molecule has 26 heavy (non-hydrogen) atoms. The van der Waals surface area contributed by atoms with Gasteiger partial charge in [-0.05, 0) is 56.3 Å². The zero-order chi connectivity index (χ0) is 18.1. The highest BCUT2D eigenvalue weighted by Crippen LogP contribution is 2.66. The Bertz CT molecular complexity index is 757. The van der Waals surface area contributed by atoms with E-state index in [0.29, 0.717) is 23.5 Å². The summed E-state index contributed by atoms with van der Waals surface area (Å²) in [5.74, 6) is 2.37. The molecule has 5 rings (SSSR count). The lowest BCUT2D eigenvalue weighted by molar-refractivity contribution is -0.132. The molecule has 0 radical (unpaired) electrons. The van der Waals surface area contributed by atoms with Crippen molar-refractivity contribution in [3.05, 3.63) is 23.5 Å². The summed E-state index contributed by atoms with van der Waals surface area (Å²) in [6.45, 7) is 4.63. The van der Waals surface area contributed by atoms with Gasteiger partial charge in [-0.2, -0.15) is 0 Å². The van der Waals surface area contributed by atoms with Crippen LogP contribution >= 0.6 is 0 Å². The molecule has 5 nitrogen and oxygen atoms in total. The predicted molar refractivity (Wildman–Crippen MR) is 97.2 cm³/mol. The Hall–Kier alpha value is -1.49. The minimum absolute atomic E-state index is 0.0198. The average molecular weight is 355 g/mol. The van der Waals surface area contributed by atoms with Crippen molar-refractivity contribution in [2.24, 2.45) is 28.6 Å². The number of ketones is 1. The number of carbonyl (C=O) groups is 1. The number of hydrogen-bond acceptors (Lipinski definition) is 4. The van der Waals surface area contributed by atoms with E-state index < -0.39 is 0 Å². The number of hydrogen-bond donors (Lipinski definition) is 2. The van der Waals surface area contributed by atoms with Gasteiger partial charge in [-0.15, -0.1) is 5.10 Å². The molecule has 0 aliphatic heterocycles. The number of H-pyrrole nitrogens is 1. The van der Waals surface area contributed by atoms with Crippen molar-refractivity contribution in [1.82, 2.24) is 15.4 Å². The number of Topliss-reactive ketones (excluding diaryl/α,β-unsaturated/α-hetero) is 1. The van der Waals surface area contributed by atoms with Crippen LogP contribution in [0.15, 0.2) is 17.8 Å². The molecule has 4 aliphatic rings. The van der Waals surface area contributed by atoms with Gasteiger partial charge in [0.15, 0.2) is 0 Å². The normalized spacial score (nSPS) is 47.7. The van der Waals surface area contributed by atoms with Crippen molar-refractivity contribution in [2.45, 2.75) is 70.8 Å². The molecule has 5 heteroatoms. The van der Waals surface area contributed by atoms with Crippen molar-refractivity contribution < 1.29 is 9.90 Å². The van der Waals surface area contributed by atoms with Crippen LogP contribution < -0.4 is 0 Å². The molecule has 0 spiro atoms. The van der Waals surface area contributed by atoms with Crippen molar-refractivity contribution in [3.63, 3.8) is 0 Å². The number of aromatic amines is 1. The summed E-state index contributed by atoms with van der Waals surface area (Å²) in [7, 11) is 0. The van der Waals surface area contributed by atoms with Crippen LogP contribution in [0.2, 0.25) is 0 Å². The van der Waals surface area contributed by atoms with E-state index in [1.165, 1.54) is 5.57 Å². The minimum atomic E-state index is -0.297. The Morgan fingerprint density at radius 3 is 2.88 bits per heavy atom. The highest BCUT2D eigenvalue weighted by Gasteiger charge is 2.61. The maximum absolute atomic E-state index is 12.6. The third kappa shape index (κ3) is 2.04. The topological polar surface area (TPSA) is 78.9 Å². The van der Waals surface area contributed by atoms with Gasteiger partial charge in [0.2, 0.25) is 0 Å². The molecular formula is C21H29N3O2. The number of allylic oxidation sites excluding steroid dienone is 1. The lowest BCUT2D eigenvalue weighted by Crippen LogP contribution is -2.53. The lowest BCUT2D eigenvalue weighted by Gasteiger charge is -2.59. The van der Waals surface area contributed by atoms with Gasteiger partial charge in [0.1, 0.15) is 5.78 Å². The number of nitrogens with one attached hydrogen (secondary N) is 1. The van der Waals surface area contributed by atoms with E-state index in [-0.39, 0.29) is 22.9 Å². The van der Waals surface area contributed by atoms with Gasteiger partial charge in [-0.1, -0.05) is 30.7 Å². The molecule has 1 aromatic heterocycles. The molecule has 4 aliphatic carbocycles. The van der Waals surface area contributed by atoms with Gasteiger partial charge in [0.25, 0.3) is 0 Å². The first kappa shape index (κ1) is 16.7. The van der Waals surface area contributed by atoms with Crippen LogP contribution in [0.4, 0.5) is 0 Å². The van der Waals surface area contributed by atoms with Crippen molar-refractivity contribution in [2.75, 3.05) is 0 Å². The summed E-state index contributed by atoms with van der Waals surface area (Å²) in [5.41, 5.74) is 2.32. The smallest absolute Gasteiger partial charge is 0.139 e. The fourth-order valence-corrected chi connectivity index (χ4v) is 7.32. The quantitative estimate of drug-likeness (QED) is 0.757. The van der Waals surface area contributed by atoms with Crippen LogP contribution in [0.1, 0.15) is 70.4 Å². The summed E-state index contributed by atoms with van der Waals surface area (Å²) >= 11 is 0. The largest absolute Gasteiger partial charge is 0.393 e. The van der Waals surface area contributed by atoms with Crippen molar-refractivity contribution >= 4 is 5.78 Å². The van der Waals surface area contributed by atoms with Crippen LogP contribution in [-0.4, -0.2) is 32.4 Å². The number of carbonyl (C=O) groups excluding carboxylic acids is 1. The number of fused-ring (bicyclic) bond motifs is 5. The highest BCUT2D eigenvalue weighted by atomic mass is 16.3. The summed E-state index contributed by atoms with van der Waals surface area (Å²) in [6.07, 6.45) is 10.6. The Morgan fingerprint density at radius 2 is 2.12 bits per heavy atom. The lowest BCUT2D eigenvalue weighted by atomic mass is 9.45. The summed E-state index contributed by atoms with van der Waals surface area (Å²) in [5, 5.41) is 21.7. The number of rotatable bonds is 1. The zero-order valence-corrected chi connectivity index (χ0v) is 15.7. The predicted octanol–water partition coefficient (Wildman–Crippen LogP) is 3.39. The van der Waals surface area contributed by atoms with Crippen LogP contribution in [-0.2, 0) is 4.79 Å². The van der Waals surface area contributed by atoms with Crippen molar-refractivity contribution in [3.8, 4) is 0 Å². The standard InChI is InChI=1S/C21H29N3O2/c1-20-8-7-16-14(15(20)5-6-19(20)26)4-3-12-9-13(25)10-17(21(12,16)2)18-11-22-24-23-18/h3,11,13-17,25H,4-10H2,1-2H3,(H,22,23,24)/t13-,14+,15+,16+,17?,20+,21+/m1/s1. The van der Waals surface area contributed by atoms with E-state index in [9.17, 15) is 9.90 Å². The molecule has 0 bridgehead atoms. The second kappa shape index (κ2) is 5.51. The van der Waals surface area contributed by atoms with Gasteiger partial charge in [-0.3, -0.25) is 9.89 Å². The maximum atomic E-state index is 12.6. The van der Waals surface area contributed by atoms with Crippen LogP contribution in [0.3, 0.4) is 0 Å². The van der Waals surface area contributed by atoms with Gasteiger partial charge < -0.3 is 5.11 Å². The first-order chi connectivity index (χ1) is 12.4. The highest BCUT2D eigenvalue weighted by molar-refractivity contribution is 5.87. The molecule has 140 valence electrons. The third-order valence-electron chi connectivity index (χ3n) is 8.72. The maximum Gasteiger partial charge on any atom is 0.139 e. The molecule has 0 saturated heterocycles. The van der Waals surface area contributed by atoms with E-state index in [2.05, 4.69) is 35.3 Å². The number of aliphatic hydroxyl groups excluding tert-OH is 1. The molecule has 3 fully saturated rings. The third-order valence-corrected chi connectivity index (χ3v) is 8.72. The molecule has 0 amide bonds. The van der Waals surface area contributed by atoms with E-state index in [1.807, 2.05) is 6.20 Å². The summed E-state index contributed by atoms with van der Waals surface area (Å²) < 4.78 is 0. The van der Waals surface area contributed by atoms with Gasteiger partial charge in [0, 0.05) is 29.4 Å². The van der Waals surface area contributed by atoms with E-state index in [1.54, 1.807) is 0 Å². The summed E-state index contributed by atoms with van der Waals surface area (Å²) in [6, 6.07) is 0. The number of aromatic nitrogens is 3. The molecule has 0 aromatic carbocycles. The average Bonchev–Trinajstić information content (AvgIpc) is 3.24. The Kier molecular flexibility index (Phi) is 3.53. The second-order valence-electron chi connectivity index (χ2n) is 9.59. The number of nitrogens with zero attached hydrogens (tertiary/aromatic N) is 2. The summed E-state index contributed by atoms with van der Waals surface area (Å²) in [4.78, 5) is 12.6. The molecule has 2 N–H and O–H groups in total. The first-order valence-corrected chi connectivity index (χ1v) is 10.2. The Balaban J connectivity index is 1.58. The molecule has 1 heterocycles. The van der Waals surface area contributed by atoms with Crippen LogP contribution in [0.5, 0.6) is 0 Å². The molecule has 3 saturated carbocycles. The van der Waals surface area contributed by atoms with E-state index in [4.69, 9.17) is 0 Å². The molecule has 1 unspecified atom stereocenters. The molecule has 1 aromatic rings. The van der Waals surface area contributed by atoms with Crippen LogP contribution in [0, 0.1) is 28.6 Å². The van der Waals surface area contributed by atoms with Crippen molar-refractivity contribution in [1.29, 1.82) is 0 Å². The van der Waals surface area contributed by atoms with Gasteiger partial charge in [0.05, 0.1) is 11.8 Å². The second-order valence-corrected chi connectivity index (χ2v) is 9.59. The van der Waals surface area contributed by atoms with Crippen LogP contribution in [0.25, 0.3) is 0 Å². The van der Waals surface area contributed by atoms with E-state index in [0.717, 1.165) is 50.6 Å². The van der Waals surface area contributed by atoms with E-state index >= 15 is 0 Å². The molecular weight excluding hydrogens is 326 g/mol. The Morgan fingerprint density at radius 1 is 1.27 bits per heavy atom. The van der Waals surface area contributed by atoms with Gasteiger partial charge in [-0.25, -0.2) is 0 Å². The zero-order valence-electron chi connectivity index (χ0n) is 15.7.